The van der Waals surface area contributed by atoms with Crippen LogP contribution < -0.4 is 15.4 Å². The molecule has 98 valence electrons. The fourth-order valence-corrected chi connectivity index (χ4v) is 2.20. The summed E-state index contributed by atoms with van der Waals surface area (Å²) in [6.07, 6.45) is 2.79. The smallest absolute Gasteiger partial charge is 0.225 e. The summed E-state index contributed by atoms with van der Waals surface area (Å²) in [5.41, 5.74) is 0.795. The Hall–Kier alpha value is -1.55. The van der Waals surface area contributed by atoms with Crippen LogP contribution in [-0.4, -0.2) is 25.1 Å². The zero-order valence-electron chi connectivity index (χ0n) is 10.7. The molecule has 2 N–H and O–H groups in total. The zero-order chi connectivity index (χ0) is 12.8. The van der Waals surface area contributed by atoms with Crippen molar-refractivity contribution in [2.24, 2.45) is 0 Å². The van der Waals surface area contributed by atoms with E-state index in [4.69, 9.17) is 4.74 Å². The largest absolute Gasteiger partial charge is 0.494 e. The molecule has 0 aliphatic carbocycles. The highest BCUT2D eigenvalue weighted by Crippen LogP contribution is 2.18. The maximum atomic E-state index is 11.8. The van der Waals surface area contributed by atoms with Crippen molar-refractivity contribution in [2.45, 2.75) is 32.2 Å². The Balaban J connectivity index is 1.87. The van der Waals surface area contributed by atoms with Crippen LogP contribution in [0.25, 0.3) is 0 Å². The molecule has 18 heavy (non-hydrogen) atoms. The highest BCUT2D eigenvalue weighted by atomic mass is 16.5. The van der Waals surface area contributed by atoms with Crippen molar-refractivity contribution in [3.8, 4) is 5.75 Å². The van der Waals surface area contributed by atoms with Crippen molar-refractivity contribution in [3.05, 3.63) is 24.3 Å². The van der Waals surface area contributed by atoms with Gasteiger partial charge in [0.25, 0.3) is 0 Å². The van der Waals surface area contributed by atoms with Gasteiger partial charge in [-0.3, -0.25) is 4.79 Å². The molecule has 1 saturated heterocycles. The first-order chi connectivity index (χ1) is 8.78. The molecular weight excluding hydrogens is 228 g/mol. The number of amides is 1. The average Bonchev–Trinajstić information content (AvgIpc) is 2.82. The molecule has 0 spiro atoms. The molecular formula is C14H20N2O2. The number of benzene rings is 1. The summed E-state index contributed by atoms with van der Waals surface area (Å²) in [6.45, 7) is 3.60. The number of carbonyl (C=O) groups is 1. The fraction of sp³-hybridized carbons (Fsp3) is 0.500. The van der Waals surface area contributed by atoms with Crippen LogP contribution in [0.4, 0.5) is 5.69 Å². The summed E-state index contributed by atoms with van der Waals surface area (Å²) in [5.74, 6) is 0.845. The molecule has 1 aromatic rings. The maximum absolute atomic E-state index is 11.8. The summed E-state index contributed by atoms with van der Waals surface area (Å²) in [5, 5.41) is 6.23. The van der Waals surface area contributed by atoms with E-state index in [1.54, 1.807) is 0 Å². The predicted molar refractivity (Wildman–Crippen MR) is 71.9 cm³/mol. The van der Waals surface area contributed by atoms with Gasteiger partial charge in [0.15, 0.2) is 0 Å². The number of carbonyl (C=O) groups excluding carboxylic acids is 1. The third-order valence-electron chi connectivity index (χ3n) is 3.02. The lowest BCUT2D eigenvalue weighted by Gasteiger charge is -2.11. The summed E-state index contributed by atoms with van der Waals surface area (Å²) in [4.78, 5) is 11.8. The van der Waals surface area contributed by atoms with Crippen molar-refractivity contribution in [2.75, 3.05) is 18.5 Å². The number of nitrogens with one attached hydrogen (secondary N) is 2. The molecule has 1 heterocycles. The number of rotatable bonds is 5. The van der Waals surface area contributed by atoms with Gasteiger partial charge in [0.2, 0.25) is 5.91 Å². The standard InChI is InChI=1S/C14H20N2O2/c1-2-18-13-7-3-5-12(9-13)16-14(17)10-11-6-4-8-15-11/h3,5,7,9,11,15H,2,4,6,8,10H2,1H3,(H,16,17). The van der Waals surface area contributed by atoms with Gasteiger partial charge in [0.05, 0.1) is 6.61 Å². The Labute approximate surface area is 108 Å². The van der Waals surface area contributed by atoms with Gasteiger partial charge < -0.3 is 15.4 Å². The van der Waals surface area contributed by atoms with Gasteiger partial charge in [-0.15, -0.1) is 0 Å². The Morgan fingerprint density at radius 2 is 2.44 bits per heavy atom. The molecule has 1 amide bonds. The SMILES string of the molecule is CCOc1cccc(NC(=O)CC2CCCN2)c1. The van der Waals surface area contributed by atoms with E-state index in [1.807, 2.05) is 31.2 Å². The second kappa shape index (κ2) is 6.40. The van der Waals surface area contributed by atoms with E-state index in [2.05, 4.69) is 10.6 Å². The van der Waals surface area contributed by atoms with Gasteiger partial charge in [-0.25, -0.2) is 0 Å². The highest BCUT2D eigenvalue weighted by molar-refractivity contribution is 5.91. The molecule has 4 nitrogen and oxygen atoms in total. The summed E-state index contributed by atoms with van der Waals surface area (Å²) in [7, 11) is 0. The predicted octanol–water partition coefficient (Wildman–Crippen LogP) is 2.17. The second-order valence-corrected chi connectivity index (χ2v) is 4.51. The van der Waals surface area contributed by atoms with Crippen LogP contribution in [0, 0.1) is 0 Å². The first-order valence-electron chi connectivity index (χ1n) is 6.54. The normalized spacial score (nSPS) is 18.6. The number of hydrogen-bond donors (Lipinski definition) is 2. The van der Waals surface area contributed by atoms with Crippen molar-refractivity contribution >= 4 is 11.6 Å². The van der Waals surface area contributed by atoms with Gasteiger partial charge in [0.1, 0.15) is 5.75 Å². The minimum atomic E-state index is 0.0584. The molecule has 1 unspecified atom stereocenters. The zero-order valence-corrected chi connectivity index (χ0v) is 10.7. The van der Waals surface area contributed by atoms with Gasteiger partial charge in [-0.1, -0.05) is 6.07 Å². The Bertz CT molecular complexity index is 401. The molecule has 1 fully saturated rings. The van der Waals surface area contributed by atoms with Crippen LogP contribution in [0.2, 0.25) is 0 Å². The molecule has 1 aromatic carbocycles. The third kappa shape index (κ3) is 3.74. The summed E-state index contributed by atoms with van der Waals surface area (Å²) >= 11 is 0. The van der Waals surface area contributed by atoms with Gasteiger partial charge in [-0.05, 0) is 38.4 Å². The fourth-order valence-electron chi connectivity index (χ4n) is 2.20. The summed E-state index contributed by atoms with van der Waals surface area (Å²) < 4.78 is 5.40. The average molecular weight is 248 g/mol. The quantitative estimate of drug-likeness (QED) is 0.839. The molecule has 0 saturated carbocycles. The molecule has 0 radical (unpaired) electrons. The van der Waals surface area contributed by atoms with Gasteiger partial charge >= 0.3 is 0 Å². The van der Waals surface area contributed by atoms with Crippen molar-refractivity contribution in [1.29, 1.82) is 0 Å². The van der Waals surface area contributed by atoms with Gasteiger partial charge in [0, 0.05) is 24.2 Å². The number of hydrogen-bond acceptors (Lipinski definition) is 3. The first kappa shape index (κ1) is 12.9. The maximum Gasteiger partial charge on any atom is 0.225 e. The molecule has 1 aliphatic heterocycles. The summed E-state index contributed by atoms with van der Waals surface area (Å²) in [6, 6.07) is 7.83. The molecule has 2 rings (SSSR count). The van der Waals surface area contributed by atoms with Crippen LogP contribution in [0.1, 0.15) is 26.2 Å². The van der Waals surface area contributed by atoms with Crippen LogP contribution >= 0.6 is 0 Å². The minimum absolute atomic E-state index is 0.0584. The Morgan fingerprint density at radius 3 is 3.17 bits per heavy atom. The second-order valence-electron chi connectivity index (χ2n) is 4.51. The van der Waals surface area contributed by atoms with Crippen LogP contribution in [0.3, 0.4) is 0 Å². The van der Waals surface area contributed by atoms with Crippen molar-refractivity contribution in [1.82, 2.24) is 5.32 Å². The number of ether oxygens (including phenoxy) is 1. The molecule has 1 atom stereocenters. The van der Waals surface area contributed by atoms with Crippen LogP contribution in [-0.2, 0) is 4.79 Å². The van der Waals surface area contributed by atoms with E-state index in [-0.39, 0.29) is 5.91 Å². The van der Waals surface area contributed by atoms with Crippen LogP contribution in [0.15, 0.2) is 24.3 Å². The monoisotopic (exact) mass is 248 g/mol. The lowest BCUT2D eigenvalue weighted by Crippen LogP contribution is -2.27. The van der Waals surface area contributed by atoms with E-state index < -0.39 is 0 Å². The number of anilines is 1. The molecule has 0 aromatic heterocycles. The highest BCUT2D eigenvalue weighted by Gasteiger charge is 2.17. The van der Waals surface area contributed by atoms with E-state index in [9.17, 15) is 4.79 Å². The van der Waals surface area contributed by atoms with E-state index in [1.165, 1.54) is 0 Å². The Morgan fingerprint density at radius 1 is 1.56 bits per heavy atom. The lowest BCUT2D eigenvalue weighted by atomic mass is 10.1. The van der Waals surface area contributed by atoms with E-state index >= 15 is 0 Å². The van der Waals surface area contributed by atoms with Crippen molar-refractivity contribution in [3.63, 3.8) is 0 Å². The van der Waals surface area contributed by atoms with Crippen LogP contribution in [0.5, 0.6) is 5.75 Å². The Kier molecular flexibility index (Phi) is 4.59. The topological polar surface area (TPSA) is 50.4 Å². The molecule has 0 bridgehead atoms. The minimum Gasteiger partial charge on any atom is -0.494 e. The van der Waals surface area contributed by atoms with Gasteiger partial charge in [-0.2, -0.15) is 0 Å². The van der Waals surface area contributed by atoms with E-state index in [0.29, 0.717) is 19.1 Å². The lowest BCUT2D eigenvalue weighted by molar-refractivity contribution is -0.116. The first-order valence-corrected chi connectivity index (χ1v) is 6.54. The molecule has 4 heteroatoms. The molecule has 1 aliphatic rings. The van der Waals surface area contributed by atoms with Crippen molar-refractivity contribution < 1.29 is 9.53 Å². The third-order valence-corrected chi connectivity index (χ3v) is 3.02. The van der Waals surface area contributed by atoms with E-state index in [0.717, 1.165) is 30.8 Å².